The Hall–Kier alpha value is -3.36. The lowest BCUT2D eigenvalue weighted by Gasteiger charge is -2.28. The third-order valence-corrected chi connectivity index (χ3v) is 5.30. The van der Waals surface area contributed by atoms with Gasteiger partial charge < -0.3 is 11.1 Å². The number of aryl methyl sites for hydroxylation is 1. The predicted octanol–water partition coefficient (Wildman–Crippen LogP) is 6.52. The Bertz CT molecular complexity index is 1040. The zero-order valence-corrected chi connectivity index (χ0v) is 16.6. The molecule has 0 aliphatic rings. The van der Waals surface area contributed by atoms with Crippen LogP contribution >= 0.6 is 0 Å². The Morgan fingerprint density at radius 3 is 1.83 bits per heavy atom. The number of benzene rings is 4. The zero-order chi connectivity index (χ0) is 20.1. The van der Waals surface area contributed by atoms with E-state index in [0.29, 0.717) is 0 Å². The van der Waals surface area contributed by atoms with E-state index in [-0.39, 0.29) is 12.1 Å². The molecule has 0 aliphatic heterocycles. The van der Waals surface area contributed by atoms with Crippen LogP contribution in [0.2, 0.25) is 0 Å². The molecule has 0 saturated carbocycles. The summed E-state index contributed by atoms with van der Waals surface area (Å²) in [5.74, 6) is 0. The number of para-hydroxylation sites is 1. The van der Waals surface area contributed by atoms with E-state index < -0.39 is 0 Å². The molecule has 0 radical (unpaired) electrons. The molecule has 29 heavy (non-hydrogen) atoms. The van der Waals surface area contributed by atoms with Crippen LogP contribution < -0.4 is 11.1 Å². The fourth-order valence-electron chi connectivity index (χ4n) is 3.67. The topological polar surface area (TPSA) is 38.0 Å². The maximum Gasteiger partial charge on any atom is 0.0706 e. The zero-order valence-electron chi connectivity index (χ0n) is 16.6. The highest BCUT2D eigenvalue weighted by atomic mass is 15.0. The number of hydrogen-bond acceptors (Lipinski definition) is 2. The third-order valence-electron chi connectivity index (χ3n) is 5.30. The summed E-state index contributed by atoms with van der Waals surface area (Å²) < 4.78 is 0. The lowest BCUT2D eigenvalue weighted by Crippen LogP contribution is -2.26. The molecule has 0 bridgehead atoms. The lowest BCUT2D eigenvalue weighted by atomic mass is 9.93. The molecule has 144 valence electrons. The molecular weight excluding hydrogens is 352 g/mol. The highest BCUT2D eigenvalue weighted by Gasteiger charge is 2.22. The average molecular weight is 379 g/mol. The summed E-state index contributed by atoms with van der Waals surface area (Å²) in [7, 11) is 0. The maximum atomic E-state index is 6.77. The van der Waals surface area contributed by atoms with Crippen LogP contribution in [0.3, 0.4) is 0 Å². The van der Waals surface area contributed by atoms with E-state index in [2.05, 4.69) is 97.2 Å². The van der Waals surface area contributed by atoms with E-state index in [0.717, 1.165) is 11.3 Å². The second-order valence-electron chi connectivity index (χ2n) is 7.38. The monoisotopic (exact) mass is 378 g/mol. The summed E-state index contributed by atoms with van der Waals surface area (Å²) in [4.78, 5) is 0. The molecule has 0 fully saturated rings. The SMILES string of the molecule is Cc1ccc(-c2ccccc2N[C@@H](c2ccccc2)[C@@H](N)c2ccccc2)cc1. The molecule has 3 N–H and O–H groups in total. The van der Waals surface area contributed by atoms with Crippen molar-refractivity contribution >= 4 is 5.69 Å². The van der Waals surface area contributed by atoms with E-state index in [1.807, 2.05) is 24.3 Å². The van der Waals surface area contributed by atoms with Gasteiger partial charge in [0.2, 0.25) is 0 Å². The predicted molar refractivity (Wildman–Crippen MR) is 123 cm³/mol. The highest BCUT2D eigenvalue weighted by molar-refractivity contribution is 5.78. The summed E-state index contributed by atoms with van der Waals surface area (Å²) >= 11 is 0. The quantitative estimate of drug-likeness (QED) is 0.401. The first kappa shape index (κ1) is 19.0. The molecule has 0 amide bonds. The molecule has 2 nitrogen and oxygen atoms in total. The first-order valence-corrected chi connectivity index (χ1v) is 10.0. The summed E-state index contributed by atoms with van der Waals surface area (Å²) in [6.45, 7) is 2.11. The van der Waals surface area contributed by atoms with Gasteiger partial charge >= 0.3 is 0 Å². The molecule has 0 unspecified atom stereocenters. The number of nitrogens with two attached hydrogens (primary N) is 1. The molecule has 0 aliphatic carbocycles. The minimum atomic E-state index is -0.176. The molecule has 4 aromatic rings. The van der Waals surface area contributed by atoms with Crippen LogP contribution in [0.4, 0.5) is 5.69 Å². The van der Waals surface area contributed by atoms with Crippen molar-refractivity contribution in [2.75, 3.05) is 5.32 Å². The number of hydrogen-bond donors (Lipinski definition) is 2. The largest absolute Gasteiger partial charge is 0.376 e. The second-order valence-corrected chi connectivity index (χ2v) is 7.38. The van der Waals surface area contributed by atoms with Gasteiger partial charge in [-0.1, -0.05) is 109 Å². The minimum absolute atomic E-state index is 0.0507. The van der Waals surface area contributed by atoms with Gasteiger partial charge in [-0.25, -0.2) is 0 Å². The molecular formula is C27H26N2. The summed E-state index contributed by atoms with van der Waals surface area (Å²) in [5, 5.41) is 3.75. The van der Waals surface area contributed by atoms with Gasteiger partial charge in [0.25, 0.3) is 0 Å². The van der Waals surface area contributed by atoms with E-state index in [4.69, 9.17) is 5.73 Å². The Kier molecular flexibility index (Phi) is 5.73. The Balaban J connectivity index is 1.73. The van der Waals surface area contributed by atoms with Gasteiger partial charge in [0.05, 0.1) is 12.1 Å². The molecule has 0 aromatic heterocycles. The molecule has 4 rings (SSSR count). The van der Waals surface area contributed by atoms with E-state index in [1.54, 1.807) is 0 Å². The lowest BCUT2D eigenvalue weighted by molar-refractivity contribution is 0.610. The van der Waals surface area contributed by atoms with Gasteiger partial charge in [0.15, 0.2) is 0 Å². The van der Waals surface area contributed by atoms with E-state index >= 15 is 0 Å². The fourth-order valence-corrected chi connectivity index (χ4v) is 3.67. The van der Waals surface area contributed by atoms with Gasteiger partial charge in [0.1, 0.15) is 0 Å². The fraction of sp³-hybridized carbons (Fsp3) is 0.111. The van der Waals surface area contributed by atoms with Crippen LogP contribution in [0, 0.1) is 6.92 Å². The third kappa shape index (κ3) is 4.39. The first-order valence-electron chi connectivity index (χ1n) is 10.0. The molecule has 2 atom stereocenters. The van der Waals surface area contributed by atoms with E-state index in [1.165, 1.54) is 22.3 Å². The minimum Gasteiger partial charge on any atom is -0.376 e. The van der Waals surface area contributed by atoms with Crippen molar-refractivity contribution in [3.05, 3.63) is 126 Å². The molecule has 0 saturated heterocycles. The van der Waals surface area contributed by atoms with E-state index in [9.17, 15) is 0 Å². The molecule has 0 heterocycles. The van der Waals surface area contributed by atoms with Gasteiger partial charge in [0, 0.05) is 11.3 Å². The Labute approximate surface area is 173 Å². The van der Waals surface area contributed by atoms with Gasteiger partial charge in [-0.15, -0.1) is 0 Å². The first-order chi connectivity index (χ1) is 14.2. The summed E-state index contributed by atoms with van der Waals surface area (Å²) in [6, 6.07) is 37.6. The summed E-state index contributed by atoms with van der Waals surface area (Å²) in [6.07, 6.45) is 0. The number of anilines is 1. The Morgan fingerprint density at radius 1 is 0.621 bits per heavy atom. The van der Waals surface area contributed by atoms with Crippen molar-refractivity contribution in [1.82, 2.24) is 0 Å². The van der Waals surface area contributed by atoms with Crippen LogP contribution in [0.15, 0.2) is 109 Å². The van der Waals surface area contributed by atoms with Crippen LogP contribution in [0.25, 0.3) is 11.1 Å². The van der Waals surface area contributed by atoms with Gasteiger partial charge in [-0.2, -0.15) is 0 Å². The van der Waals surface area contributed by atoms with Gasteiger partial charge in [-0.3, -0.25) is 0 Å². The van der Waals surface area contributed by atoms with Crippen molar-refractivity contribution in [3.8, 4) is 11.1 Å². The smallest absolute Gasteiger partial charge is 0.0706 e. The van der Waals surface area contributed by atoms with Gasteiger partial charge in [-0.05, 0) is 29.7 Å². The molecule has 0 spiro atoms. The number of nitrogens with one attached hydrogen (secondary N) is 1. The maximum absolute atomic E-state index is 6.77. The number of rotatable bonds is 6. The normalized spacial score (nSPS) is 12.9. The molecule has 4 aromatic carbocycles. The average Bonchev–Trinajstić information content (AvgIpc) is 2.79. The van der Waals surface area contributed by atoms with Crippen molar-refractivity contribution in [3.63, 3.8) is 0 Å². The Morgan fingerprint density at radius 2 is 1.17 bits per heavy atom. The standard InChI is InChI=1S/C27H26N2/c1-20-16-18-21(19-17-20)24-14-8-9-15-25(24)29-27(23-12-6-3-7-13-23)26(28)22-10-4-2-5-11-22/h2-19,26-27,29H,28H2,1H3/t26-,27-/m0/s1. The van der Waals surface area contributed by atoms with Crippen molar-refractivity contribution in [2.45, 2.75) is 19.0 Å². The van der Waals surface area contributed by atoms with Crippen LogP contribution in [0.5, 0.6) is 0 Å². The van der Waals surface area contributed by atoms with Crippen LogP contribution in [-0.2, 0) is 0 Å². The second kappa shape index (κ2) is 8.76. The molecule has 2 heteroatoms. The highest BCUT2D eigenvalue weighted by Crippen LogP contribution is 2.35. The summed E-state index contributed by atoms with van der Waals surface area (Å²) in [5.41, 5.74) is 13.8. The van der Waals surface area contributed by atoms with Crippen LogP contribution in [-0.4, -0.2) is 0 Å². The van der Waals surface area contributed by atoms with Crippen molar-refractivity contribution < 1.29 is 0 Å². The van der Waals surface area contributed by atoms with Crippen LogP contribution in [0.1, 0.15) is 28.8 Å². The van der Waals surface area contributed by atoms with Crippen molar-refractivity contribution in [2.24, 2.45) is 5.73 Å². The van der Waals surface area contributed by atoms with Crippen molar-refractivity contribution in [1.29, 1.82) is 0 Å².